The minimum atomic E-state index is -3.77. The first-order chi connectivity index (χ1) is 12.3. The fourth-order valence-corrected chi connectivity index (χ4v) is 8.18. The van der Waals surface area contributed by atoms with E-state index in [4.69, 9.17) is 9.47 Å². The predicted octanol–water partition coefficient (Wildman–Crippen LogP) is 0.793. The maximum absolute atomic E-state index is 13.0. The molecule has 146 valence electrons. The quantitative estimate of drug-likeness (QED) is 0.719. The highest BCUT2D eigenvalue weighted by Gasteiger charge is 2.45. The van der Waals surface area contributed by atoms with Gasteiger partial charge in [-0.1, -0.05) is 0 Å². The molecule has 1 aromatic carbocycles. The second-order valence-corrected chi connectivity index (χ2v) is 11.0. The Hall–Kier alpha value is -1.16. The number of ether oxygens (including phenoxy) is 2. The van der Waals surface area contributed by atoms with Crippen LogP contribution in [0, 0.1) is 0 Å². The van der Waals surface area contributed by atoms with Crippen molar-refractivity contribution in [3.8, 4) is 5.75 Å². The van der Waals surface area contributed by atoms with E-state index in [-0.39, 0.29) is 22.5 Å². The van der Waals surface area contributed by atoms with Crippen molar-refractivity contribution in [2.24, 2.45) is 0 Å². The molecule has 1 N–H and O–H groups in total. The van der Waals surface area contributed by atoms with Gasteiger partial charge >= 0.3 is 0 Å². The first-order valence-electron chi connectivity index (χ1n) is 8.84. The lowest BCUT2D eigenvalue weighted by molar-refractivity contribution is 0.108. The molecule has 0 bridgehead atoms. The summed E-state index contributed by atoms with van der Waals surface area (Å²) in [6.07, 6.45) is 1.90. The van der Waals surface area contributed by atoms with Crippen LogP contribution in [0.1, 0.15) is 19.8 Å². The van der Waals surface area contributed by atoms with Crippen LogP contribution in [0.3, 0.4) is 0 Å². The lowest BCUT2D eigenvalue weighted by Gasteiger charge is -2.21. The number of sulfone groups is 2. The van der Waals surface area contributed by atoms with Crippen molar-refractivity contribution in [2.45, 2.75) is 42.1 Å². The molecule has 2 aliphatic rings. The maximum Gasteiger partial charge on any atom is 0.183 e. The molecule has 0 spiro atoms. The van der Waals surface area contributed by atoms with E-state index >= 15 is 0 Å². The van der Waals surface area contributed by atoms with Crippen molar-refractivity contribution in [1.82, 2.24) is 5.32 Å². The topological polar surface area (TPSA) is 98.8 Å². The molecule has 0 saturated carbocycles. The van der Waals surface area contributed by atoms with Gasteiger partial charge in [0.25, 0.3) is 0 Å². The first kappa shape index (κ1) is 19.6. The van der Waals surface area contributed by atoms with Gasteiger partial charge in [-0.2, -0.15) is 0 Å². The molecule has 3 rings (SSSR count). The molecule has 0 unspecified atom stereocenters. The summed E-state index contributed by atoms with van der Waals surface area (Å²) < 4.78 is 61.1. The number of hydrogen-bond acceptors (Lipinski definition) is 7. The Morgan fingerprint density at radius 3 is 2.58 bits per heavy atom. The summed E-state index contributed by atoms with van der Waals surface area (Å²) >= 11 is 0. The lowest BCUT2D eigenvalue weighted by atomic mass is 10.2. The van der Waals surface area contributed by atoms with Gasteiger partial charge in [0.2, 0.25) is 0 Å². The number of nitrogens with one attached hydrogen (secondary N) is 1. The average molecular weight is 404 g/mol. The Labute approximate surface area is 154 Å². The number of benzene rings is 1. The third-order valence-corrected chi connectivity index (χ3v) is 8.96. The molecule has 26 heavy (non-hydrogen) atoms. The molecule has 0 amide bonds. The molecular formula is C17H25NO6S2. The van der Waals surface area contributed by atoms with Crippen LogP contribution in [0.4, 0.5) is 0 Å². The summed E-state index contributed by atoms with van der Waals surface area (Å²) in [5.74, 6) is 0.0605. The highest BCUT2D eigenvalue weighted by molar-refractivity contribution is 7.96. The van der Waals surface area contributed by atoms with Crippen LogP contribution in [0.25, 0.3) is 0 Å². The van der Waals surface area contributed by atoms with Crippen LogP contribution in [-0.2, 0) is 24.4 Å². The van der Waals surface area contributed by atoms with Gasteiger partial charge in [-0.25, -0.2) is 16.8 Å². The van der Waals surface area contributed by atoms with Crippen molar-refractivity contribution in [3.05, 3.63) is 24.3 Å². The molecule has 1 aromatic rings. The standard InChI is InChI=1S/C17H25NO6S2/c1-2-23-13-5-7-15(8-6-13)26(21,22)17-12-25(19,20)11-16(17)18-10-14-4-3-9-24-14/h5-8,14,16-18H,2-4,9-12H2,1H3/t14-,16+,17+/m1/s1. The normalized spacial score (nSPS) is 28.3. The van der Waals surface area contributed by atoms with Crippen molar-refractivity contribution < 1.29 is 26.3 Å². The second-order valence-electron chi connectivity index (χ2n) is 6.71. The molecule has 7 nitrogen and oxygen atoms in total. The Morgan fingerprint density at radius 2 is 1.96 bits per heavy atom. The van der Waals surface area contributed by atoms with Crippen molar-refractivity contribution in [3.63, 3.8) is 0 Å². The third kappa shape index (κ3) is 4.39. The third-order valence-electron chi connectivity index (χ3n) is 4.79. The van der Waals surface area contributed by atoms with E-state index in [0.717, 1.165) is 12.8 Å². The van der Waals surface area contributed by atoms with Crippen molar-refractivity contribution >= 4 is 19.7 Å². The first-order valence-corrected chi connectivity index (χ1v) is 12.2. The smallest absolute Gasteiger partial charge is 0.183 e. The van der Waals surface area contributed by atoms with Crippen molar-refractivity contribution in [2.75, 3.05) is 31.3 Å². The highest BCUT2D eigenvalue weighted by atomic mass is 32.2. The minimum Gasteiger partial charge on any atom is -0.494 e. The zero-order chi connectivity index (χ0) is 18.8. The van der Waals surface area contributed by atoms with Crippen LogP contribution >= 0.6 is 0 Å². The molecule has 2 heterocycles. The van der Waals surface area contributed by atoms with E-state index < -0.39 is 31.0 Å². The molecule has 2 fully saturated rings. The van der Waals surface area contributed by atoms with Crippen molar-refractivity contribution in [1.29, 1.82) is 0 Å². The lowest BCUT2D eigenvalue weighted by Crippen LogP contribution is -2.45. The Balaban J connectivity index is 1.78. The molecule has 0 aliphatic carbocycles. The van der Waals surface area contributed by atoms with Crippen LogP contribution in [-0.4, -0.2) is 65.5 Å². The number of rotatable bonds is 7. The zero-order valence-corrected chi connectivity index (χ0v) is 16.4. The molecule has 0 aromatic heterocycles. The minimum absolute atomic E-state index is 0.0205. The fraction of sp³-hybridized carbons (Fsp3) is 0.647. The molecule has 2 saturated heterocycles. The number of hydrogen-bond donors (Lipinski definition) is 1. The SMILES string of the molecule is CCOc1ccc(S(=O)(=O)[C@H]2CS(=O)(=O)C[C@@H]2NC[C@H]2CCCO2)cc1. The summed E-state index contributed by atoms with van der Waals surface area (Å²) in [6, 6.07) is 5.51. The fourth-order valence-electron chi connectivity index (χ4n) is 3.47. The Kier molecular flexibility index (Phi) is 5.91. The van der Waals surface area contributed by atoms with E-state index in [1.807, 2.05) is 6.92 Å². The van der Waals surface area contributed by atoms with E-state index in [2.05, 4.69) is 5.32 Å². The average Bonchev–Trinajstić information content (AvgIpc) is 3.21. The Bertz CT molecular complexity index is 813. The van der Waals surface area contributed by atoms with Gasteiger partial charge in [-0.15, -0.1) is 0 Å². The summed E-state index contributed by atoms with van der Waals surface area (Å²) in [5, 5.41) is 2.14. The predicted molar refractivity (Wildman–Crippen MR) is 98.0 cm³/mol. The molecule has 2 aliphatic heterocycles. The summed E-state index contributed by atoms with van der Waals surface area (Å²) in [4.78, 5) is 0.118. The Morgan fingerprint density at radius 1 is 1.23 bits per heavy atom. The van der Waals surface area contributed by atoms with Gasteiger partial charge < -0.3 is 14.8 Å². The summed E-state index contributed by atoms with van der Waals surface area (Å²) in [6.45, 7) is 3.50. The zero-order valence-electron chi connectivity index (χ0n) is 14.8. The summed E-state index contributed by atoms with van der Waals surface area (Å²) in [5.41, 5.74) is 0. The van der Waals surface area contributed by atoms with Gasteiger partial charge in [0.05, 0.1) is 34.4 Å². The van der Waals surface area contributed by atoms with Crippen LogP contribution in [0.2, 0.25) is 0 Å². The van der Waals surface area contributed by atoms with Gasteiger partial charge in [0.15, 0.2) is 19.7 Å². The van der Waals surface area contributed by atoms with E-state index in [1.165, 1.54) is 12.1 Å². The van der Waals surface area contributed by atoms with Crippen LogP contribution < -0.4 is 10.1 Å². The van der Waals surface area contributed by atoms with Gasteiger partial charge in [-0.05, 0) is 44.0 Å². The second kappa shape index (κ2) is 7.84. The van der Waals surface area contributed by atoms with Gasteiger partial charge in [0, 0.05) is 19.2 Å². The van der Waals surface area contributed by atoms with Crippen LogP contribution in [0.15, 0.2) is 29.2 Å². The highest BCUT2D eigenvalue weighted by Crippen LogP contribution is 2.27. The molecule has 9 heteroatoms. The van der Waals surface area contributed by atoms with Gasteiger partial charge in [-0.3, -0.25) is 0 Å². The van der Waals surface area contributed by atoms with Crippen LogP contribution in [0.5, 0.6) is 5.75 Å². The maximum atomic E-state index is 13.0. The van der Waals surface area contributed by atoms with E-state index in [9.17, 15) is 16.8 Å². The van der Waals surface area contributed by atoms with E-state index in [1.54, 1.807) is 12.1 Å². The molecular weight excluding hydrogens is 378 g/mol. The molecule has 0 radical (unpaired) electrons. The van der Waals surface area contributed by atoms with Gasteiger partial charge in [0.1, 0.15) is 5.75 Å². The van der Waals surface area contributed by atoms with E-state index in [0.29, 0.717) is 25.5 Å². The summed E-state index contributed by atoms with van der Waals surface area (Å²) in [7, 11) is -7.18. The monoisotopic (exact) mass is 403 g/mol. The largest absolute Gasteiger partial charge is 0.494 e. The molecule has 3 atom stereocenters.